The topological polar surface area (TPSA) is 81.0 Å². The average Bonchev–Trinajstić information content (AvgIpc) is 3.09. The molecule has 2 amide bonds. The highest BCUT2D eigenvalue weighted by Crippen LogP contribution is 2.23. The summed E-state index contributed by atoms with van der Waals surface area (Å²) in [5, 5.41) is 2.78. The van der Waals surface area contributed by atoms with Gasteiger partial charge in [0.25, 0.3) is 11.8 Å². The Kier molecular flexibility index (Phi) is 7.83. The van der Waals surface area contributed by atoms with Gasteiger partial charge in [-0.15, -0.1) is 0 Å². The van der Waals surface area contributed by atoms with Crippen molar-refractivity contribution in [3.63, 3.8) is 0 Å². The first kappa shape index (κ1) is 20.2. The van der Waals surface area contributed by atoms with Gasteiger partial charge in [0.15, 0.2) is 10.4 Å². The second-order valence-electron chi connectivity index (χ2n) is 5.35. The van der Waals surface area contributed by atoms with Crippen LogP contribution in [-0.2, 0) is 9.47 Å². The molecule has 0 spiro atoms. The van der Waals surface area contributed by atoms with E-state index in [-0.39, 0.29) is 17.6 Å². The van der Waals surface area contributed by atoms with Gasteiger partial charge in [0, 0.05) is 20.7 Å². The second-order valence-corrected chi connectivity index (χ2v) is 6.13. The van der Waals surface area contributed by atoms with E-state index in [1.807, 2.05) is 0 Å². The van der Waals surface area contributed by atoms with Crippen molar-refractivity contribution in [1.82, 2.24) is 5.32 Å². The molecule has 0 aliphatic heterocycles. The maximum atomic E-state index is 12.5. The number of rotatable bonds is 9. The number of carbonyl (C=O) groups excluding carboxylic acids is 2. The van der Waals surface area contributed by atoms with Crippen LogP contribution in [0.25, 0.3) is 0 Å². The number of furan rings is 1. The van der Waals surface area contributed by atoms with E-state index in [0.29, 0.717) is 42.3 Å². The summed E-state index contributed by atoms with van der Waals surface area (Å²) < 4.78 is 16.0. The van der Waals surface area contributed by atoms with Crippen molar-refractivity contribution >= 4 is 33.4 Å². The van der Waals surface area contributed by atoms with Gasteiger partial charge in [-0.2, -0.15) is 0 Å². The van der Waals surface area contributed by atoms with E-state index in [1.54, 1.807) is 50.6 Å². The van der Waals surface area contributed by atoms with Crippen molar-refractivity contribution in [2.75, 3.05) is 45.4 Å². The fraction of sp³-hybridized carbons (Fsp3) is 0.333. The minimum absolute atomic E-state index is 0.182. The van der Waals surface area contributed by atoms with E-state index < -0.39 is 0 Å². The number of methoxy groups -OCH3 is 1. The lowest BCUT2D eigenvalue weighted by Gasteiger charge is -2.19. The third-order valence-electron chi connectivity index (χ3n) is 3.56. The molecule has 0 saturated heterocycles. The van der Waals surface area contributed by atoms with Crippen molar-refractivity contribution in [2.45, 2.75) is 0 Å². The molecule has 0 fully saturated rings. The maximum Gasteiger partial charge on any atom is 0.293 e. The van der Waals surface area contributed by atoms with Crippen LogP contribution in [0.15, 0.2) is 45.5 Å². The Hall–Kier alpha value is -2.16. The summed E-state index contributed by atoms with van der Waals surface area (Å²) in [7, 11) is 3.19. The van der Waals surface area contributed by atoms with Crippen LogP contribution in [0.3, 0.4) is 0 Å². The summed E-state index contributed by atoms with van der Waals surface area (Å²) in [5.41, 5.74) is 0.883. The van der Waals surface area contributed by atoms with Crippen LogP contribution >= 0.6 is 15.9 Å². The van der Waals surface area contributed by atoms with E-state index in [1.165, 1.54) is 4.90 Å². The molecule has 140 valence electrons. The van der Waals surface area contributed by atoms with Crippen molar-refractivity contribution in [3.05, 3.63) is 52.4 Å². The van der Waals surface area contributed by atoms with Crippen LogP contribution in [0.5, 0.6) is 0 Å². The number of halogens is 1. The van der Waals surface area contributed by atoms with Crippen LogP contribution in [0, 0.1) is 0 Å². The predicted molar refractivity (Wildman–Crippen MR) is 101 cm³/mol. The van der Waals surface area contributed by atoms with Crippen LogP contribution in [0.2, 0.25) is 0 Å². The zero-order chi connectivity index (χ0) is 18.9. The molecule has 1 aromatic carbocycles. The molecule has 1 aromatic heterocycles. The smallest absolute Gasteiger partial charge is 0.293 e. The van der Waals surface area contributed by atoms with Gasteiger partial charge in [-0.25, -0.2) is 0 Å². The molecule has 0 unspecified atom stereocenters. The Bertz CT molecular complexity index is 747. The normalized spacial score (nSPS) is 10.6. The molecular weight excluding hydrogens is 404 g/mol. The first-order valence-corrected chi connectivity index (χ1v) is 8.81. The average molecular weight is 425 g/mol. The molecule has 0 aliphatic carbocycles. The zero-order valence-corrected chi connectivity index (χ0v) is 16.2. The quantitative estimate of drug-likeness (QED) is 0.625. The fourth-order valence-corrected chi connectivity index (χ4v) is 2.54. The lowest BCUT2D eigenvalue weighted by atomic mass is 10.1. The third-order valence-corrected chi connectivity index (χ3v) is 3.99. The molecule has 8 heteroatoms. The van der Waals surface area contributed by atoms with E-state index >= 15 is 0 Å². The summed E-state index contributed by atoms with van der Waals surface area (Å²) in [5.74, 6) is -0.448. The molecule has 0 saturated carbocycles. The number of carbonyl (C=O) groups is 2. The van der Waals surface area contributed by atoms with Gasteiger partial charge in [0.05, 0.1) is 31.1 Å². The SMILES string of the molecule is COCCOCCNC(=O)c1ccccc1N(C)C(=O)c1ccc(Br)o1. The Morgan fingerprint density at radius 1 is 1.15 bits per heavy atom. The first-order chi connectivity index (χ1) is 12.5. The third kappa shape index (κ3) is 5.42. The Labute approximate surface area is 160 Å². The van der Waals surface area contributed by atoms with E-state index in [2.05, 4.69) is 21.2 Å². The van der Waals surface area contributed by atoms with Crippen molar-refractivity contribution < 1.29 is 23.5 Å². The van der Waals surface area contributed by atoms with Gasteiger partial charge in [0.1, 0.15) is 0 Å². The molecular formula is C18H21BrN2O5. The molecule has 7 nitrogen and oxygen atoms in total. The molecule has 0 bridgehead atoms. The molecule has 1 heterocycles. The van der Waals surface area contributed by atoms with Crippen LogP contribution in [0.4, 0.5) is 5.69 Å². The number of benzene rings is 1. The zero-order valence-electron chi connectivity index (χ0n) is 14.7. The Morgan fingerprint density at radius 2 is 1.92 bits per heavy atom. The number of nitrogens with zero attached hydrogens (tertiary/aromatic N) is 1. The summed E-state index contributed by atoms with van der Waals surface area (Å²) in [6.07, 6.45) is 0. The van der Waals surface area contributed by atoms with Crippen molar-refractivity contribution in [1.29, 1.82) is 0 Å². The highest BCUT2D eigenvalue weighted by molar-refractivity contribution is 9.10. The highest BCUT2D eigenvalue weighted by Gasteiger charge is 2.21. The number of amides is 2. The monoisotopic (exact) mass is 424 g/mol. The maximum absolute atomic E-state index is 12.5. The summed E-state index contributed by atoms with van der Waals surface area (Å²) in [6, 6.07) is 10.1. The van der Waals surface area contributed by atoms with E-state index in [9.17, 15) is 9.59 Å². The molecule has 0 radical (unpaired) electrons. The number of nitrogens with one attached hydrogen (secondary N) is 1. The molecule has 0 aliphatic rings. The summed E-state index contributed by atoms with van der Waals surface area (Å²) in [6.45, 7) is 1.72. The number of anilines is 1. The number of hydrogen-bond acceptors (Lipinski definition) is 5. The fourth-order valence-electron chi connectivity index (χ4n) is 2.24. The predicted octanol–water partition coefficient (Wildman–Crippen LogP) is 2.71. The molecule has 0 atom stereocenters. The first-order valence-electron chi connectivity index (χ1n) is 8.02. The van der Waals surface area contributed by atoms with Crippen LogP contribution in [0.1, 0.15) is 20.9 Å². The largest absolute Gasteiger partial charge is 0.444 e. The van der Waals surface area contributed by atoms with Gasteiger partial charge in [-0.1, -0.05) is 12.1 Å². The molecule has 26 heavy (non-hydrogen) atoms. The van der Waals surface area contributed by atoms with Crippen molar-refractivity contribution in [3.8, 4) is 0 Å². The lowest BCUT2D eigenvalue weighted by Crippen LogP contribution is -2.32. The second kappa shape index (κ2) is 10.1. The van der Waals surface area contributed by atoms with Gasteiger partial charge < -0.3 is 24.1 Å². The summed E-state index contributed by atoms with van der Waals surface area (Å²) in [4.78, 5) is 26.4. The van der Waals surface area contributed by atoms with Gasteiger partial charge >= 0.3 is 0 Å². The van der Waals surface area contributed by atoms with Gasteiger partial charge in [-0.05, 0) is 40.2 Å². The number of para-hydroxylation sites is 1. The minimum Gasteiger partial charge on any atom is -0.444 e. The summed E-state index contributed by atoms with van der Waals surface area (Å²) >= 11 is 3.17. The Balaban J connectivity index is 2.02. The Morgan fingerprint density at radius 3 is 2.62 bits per heavy atom. The van der Waals surface area contributed by atoms with E-state index in [0.717, 1.165) is 0 Å². The standard InChI is InChI=1S/C18H21BrN2O5/c1-21(18(23)15-7-8-16(19)26-15)14-6-4-3-5-13(14)17(22)20-9-10-25-12-11-24-2/h3-8H,9-12H2,1-2H3,(H,20,22). The lowest BCUT2D eigenvalue weighted by molar-refractivity contribution is 0.0693. The highest BCUT2D eigenvalue weighted by atomic mass is 79.9. The molecule has 2 aromatic rings. The van der Waals surface area contributed by atoms with Gasteiger partial charge in [-0.3, -0.25) is 9.59 Å². The molecule has 2 rings (SSSR count). The van der Waals surface area contributed by atoms with Crippen LogP contribution < -0.4 is 10.2 Å². The minimum atomic E-state index is -0.348. The van der Waals surface area contributed by atoms with Gasteiger partial charge in [0.2, 0.25) is 0 Å². The van der Waals surface area contributed by atoms with E-state index in [4.69, 9.17) is 13.9 Å². The van der Waals surface area contributed by atoms with Crippen molar-refractivity contribution in [2.24, 2.45) is 0 Å². The molecule has 1 N–H and O–H groups in total. The van der Waals surface area contributed by atoms with Crippen LogP contribution in [-0.4, -0.2) is 52.3 Å². The number of hydrogen-bond donors (Lipinski definition) is 1. The number of ether oxygens (including phenoxy) is 2.